The fraction of sp³-hybridized carbons (Fsp3) is 0.364. The zero-order valence-corrected chi connectivity index (χ0v) is 11.6. The molecule has 2 atom stereocenters. The van der Waals surface area contributed by atoms with E-state index in [1.165, 1.54) is 28.0 Å². The van der Waals surface area contributed by atoms with Gasteiger partial charge in [-0.1, -0.05) is 0 Å². The van der Waals surface area contributed by atoms with Crippen molar-refractivity contribution in [2.75, 3.05) is 5.75 Å². The van der Waals surface area contributed by atoms with E-state index < -0.39 is 12.0 Å². The number of thioether (sulfide) groups is 1. The van der Waals surface area contributed by atoms with Gasteiger partial charge >= 0.3 is 5.97 Å². The number of thiazole rings is 1. The van der Waals surface area contributed by atoms with Crippen molar-refractivity contribution in [2.45, 2.75) is 18.3 Å². The average Bonchev–Trinajstić information content (AvgIpc) is 2.82. The van der Waals surface area contributed by atoms with Gasteiger partial charge in [-0.3, -0.25) is 9.69 Å². The van der Waals surface area contributed by atoms with Gasteiger partial charge in [-0.2, -0.15) is 0 Å². The Morgan fingerprint density at radius 2 is 2.37 bits per heavy atom. The van der Waals surface area contributed by atoms with Crippen LogP contribution in [0.5, 0.6) is 0 Å². The van der Waals surface area contributed by atoms with Crippen molar-refractivity contribution in [2.24, 2.45) is 5.73 Å². The molecule has 100 valence electrons. The van der Waals surface area contributed by atoms with Crippen molar-refractivity contribution >= 4 is 40.5 Å². The van der Waals surface area contributed by atoms with Crippen LogP contribution in [0.4, 0.5) is 0 Å². The SMILES string of the molecule is Cc1csc(C2=C(C(=O)O)N3C(=O)C(N)[C@H]3SC2)n1. The fourth-order valence-electron chi connectivity index (χ4n) is 2.17. The molecule has 1 unspecified atom stereocenters. The van der Waals surface area contributed by atoms with Crippen LogP contribution in [0, 0.1) is 6.92 Å². The van der Waals surface area contributed by atoms with E-state index in [1.807, 2.05) is 12.3 Å². The van der Waals surface area contributed by atoms with E-state index in [4.69, 9.17) is 5.73 Å². The number of rotatable bonds is 2. The van der Waals surface area contributed by atoms with Crippen molar-refractivity contribution in [3.8, 4) is 0 Å². The summed E-state index contributed by atoms with van der Waals surface area (Å²) in [5, 5.41) is 11.6. The van der Waals surface area contributed by atoms with Crippen LogP contribution >= 0.6 is 23.1 Å². The van der Waals surface area contributed by atoms with Crippen molar-refractivity contribution in [3.63, 3.8) is 0 Å². The number of carbonyl (C=O) groups is 2. The van der Waals surface area contributed by atoms with Gasteiger partial charge < -0.3 is 10.8 Å². The zero-order chi connectivity index (χ0) is 13.7. The molecule has 1 saturated heterocycles. The van der Waals surface area contributed by atoms with Gasteiger partial charge in [-0.05, 0) is 6.92 Å². The van der Waals surface area contributed by atoms with Crippen LogP contribution in [0.15, 0.2) is 11.1 Å². The van der Waals surface area contributed by atoms with Gasteiger partial charge in [0.15, 0.2) is 0 Å². The summed E-state index contributed by atoms with van der Waals surface area (Å²) < 4.78 is 0. The number of hydrogen-bond acceptors (Lipinski definition) is 6. The molecule has 1 aromatic rings. The highest BCUT2D eigenvalue weighted by molar-refractivity contribution is 8.00. The first kappa shape index (κ1) is 12.6. The number of carbonyl (C=O) groups excluding carboxylic acids is 1. The third kappa shape index (κ3) is 1.78. The molecule has 0 aromatic carbocycles. The maximum Gasteiger partial charge on any atom is 0.353 e. The number of fused-ring (bicyclic) bond motifs is 1. The van der Waals surface area contributed by atoms with Gasteiger partial charge in [0.25, 0.3) is 0 Å². The van der Waals surface area contributed by atoms with E-state index in [0.717, 1.165) is 5.69 Å². The van der Waals surface area contributed by atoms with E-state index >= 15 is 0 Å². The smallest absolute Gasteiger partial charge is 0.353 e. The van der Waals surface area contributed by atoms with E-state index in [2.05, 4.69) is 4.98 Å². The molecule has 2 aliphatic heterocycles. The molecular weight excluding hydrogens is 286 g/mol. The van der Waals surface area contributed by atoms with Gasteiger partial charge in [0.05, 0.1) is 0 Å². The number of hydrogen-bond donors (Lipinski definition) is 2. The van der Waals surface area contributed by atoms with E-state index in [0.29, 0.717) is 16.3 Å². The van der Waals surface area contributed by atoms with Gasteiger partial charge in [-0.15, -0.1) is 23.1 Å². The molecule has 1 amide bonds. The Balaban J connectivity index is 2.09. The molecule has 19 heavy (non-hydrogen) atoms. The molecular formula is C11H11N3O3S2. The quantitative estimate of drug-likeness (QED) is 0.771. The second-order valence-electron chi connectivity index (χ2n) is 4.36. The molecule has 6 nitrogen and oxygen atoms in total. The topological polar surface area (TPSA) is 96.5 Å². The van der Waals surface area contributed by atoms with Crippen molar-refractivity contribution in [1.82, 2.24) is 9.88 Å². The van der Waals surface area contributed by atoms with E-state index in [1.54, 1.807) is 0 Å². The molecule has 3 heterocycles. The number of carboxylic acid groups (broad SMARTS) is 1. The summed E-state index contributed by atoms with van der Waals surface area (Å²) in [6.45, 7) is 1.85. The summed E-state index contributed by atoms with van der Waals surface area (Å²) in [4.78, 5) is 28.8. The molecule has 3 N–H and O–H groups in total. The maximum absolute atomic E-state index is 11.8. The van der Waals surface area contributed by atoms with Crippen molar-refractivity contribution < 1.29 is 14.7 Å². The zero-order valence-electron chi connectivity index (χ0n) is 9.99. The van der Waals surface area contributed by atoms with Crippen LogP contribution < -0.4 is 5.73 Å². The summed E-state index contributed by atoms with van der Waals surface area (Å²) in [7, 11) is 0. The van der Waals surface area contributed by atoms with Gasteiger partial charge in [0.1, 0.15) is 22.1 Å². The van der Waals surface area contributed by atoms with Gasteiger partial charge in [0, 0.05) is 22.4 Å². The first-order valence-electron chi connectivity index (χ1n) is 5.60. The predicted molar refractivity (Wildman–Crippen MR) is 72.5 cm³/mol. The Kier molecular flexibility index (Phi) is 2.88. The molecule has 0 bridgehead atoms. The Hall–Kier alpha value is -1.38. The summed E-state index contributed by atoms with van der Waals surface area (Å²) in [6.07, 6.45) is 0. The summed E-state index contributed by atoms with van der Waals surface area (Å²) in [6, 6.07) is -0.598. The van der Waals surface area contributed by atoms with E-state index in [-0.39, 0.29) is 17.0 Å². The molecule has 1 aromatic heterocycles. The molecule has 0 saturated carbocycles. The molecule has 8 heteroatoms. The van der Waals surface area contributed by atoms with Crippen LogP contribution in [-0.4, -0.2) is 44.0 Å². The number of nitrogens with two attached hydrogens (primary N) is 1. The minimum absolute atomic E-state index is 0.0322. The second kappa shape index (κ2) is 4.32. The van der Waals surface area contributed by atoms with Gasteiger partial charge in [-0.25, -0.2) is 9.78 Å². The normalized spacial score (nSPS) is 26.2. The number of carboxylic acids is 1. The monoisotopic (exact) mass is 297 g/mol. The van der Waals surface area contributed by atoms with Gasteiger partial charge in [0.2, 0.25) is 5.91 Å². The Morgan fingerprint density at radius 3 is 2.95 bits per heavy atom. The van der Waals surface area contributed by atoms with Crippen molar-refractivity contribution in [1.29, 1.82) is 0 Å². The predicted octanol–water partition coefficient (Wildman–Crippen LogP) is 0.490. The number of aliphatic carboxylic acids is 1. The minimum Gasteiger partial charge on any atom is -0.477 e. The lowest BCUT2D eigenvalue weighted by Gasteiger charge is -2.47. The number of aromatic nitrogens is 1. The summed E-state index contributed by atoms with van der Waals surface area (Å²) in [5.74, 6) is -0.926. The van der Waals surface area contributed by atoms with Crippen LogP contribution in [0.25, 0.3) is 5.57 Å². The lowest BCUT2D eigenvalue weighted by molar-refractivity contribution is -0.147. The molecule has 1 fully saturated rings. The second-order valence-corrected chi connectivity index (χ2v) is 6.33. The maximum atomic E-state index is 11.8. The third-order valence-electron chi connectivity index (χ3n) is 3.09. The molecule has 2 aliphatic rings. The van der Waals surface area contributed by atoms with E-state index in [9.17, 15) is 14.7 Å². The first-order chi connectivity index (χ1) is 9.00. The number of amides is 1. The van der Waals surface area contributed by atoms with Crippen LogP contribution in [0.2, 0.25) is 0 Å². The van der Waals surface area contributed by atoms with Crippen molar-refractivity contribution in [3.05, 3.63) is 21.8 Å². The highest BCUT2D eigenvalue weighted by Gasteiger charge is 2.52. The Morgan fingerprint density at radius 1 is 1.63 bits per heavy atom. The lowest BCUT2D eigenvalue weighted by atomic mass is 10.0. The van der Waals surface area contributed by atoms with Crippen LogP contribution in [-0.2, 0) is 9.59 Å². The first-order valence-corrected chi connectivity index (χ1v) is 7.52. The highest BCUT2D eigenvalue weighted by atomic mass is 32.2. The third-order valence-corrected chi connectivity index (χ3v) is 5.41. The Bertz CT molecular complexity index is 610. The van der Waals surface area contributed by atoms with Crippen LogP contribution in [0.1, 0.15) is 10.7 Å². The summed E-state index contributed by atoms with van der Waals surface area (Å²) >= 11 is 2.88. The minimum atomic E-state index is -1.10. The lowest BCUT2D eigenvalue weighted by Crippen LogP contribution is -2.68. The Labute approximate surface area is 117 Å². The number of nitrogens with zero attached hydrogens (tertiary/aromatic N) is 2. The molecule has 0 spiro atoms. The number of aryl methyl sites for hydroxylation is 1. The molecule has 0 aliphatic carbocycles. The summed E-state index contributed by atoms with van der Waals surface area (Å²) in [5.41, 5.74) is 7.17. The standard InChI is InChI=1S/C11H11N3O3S2/c1-4-2-18-8(13-4)5-3-19-10-6(12)9(15)14(10)7(5)11(16)17/h2,6,10H,3,12H2,1H3,(H,16,17)/t6?,10-/m1/s1. The highest BCUT2D eigenvalue weighted by Crippen LogP contribution is 2.42. The largest absolute Gasteiger partial charge is 0.477 e. The van der Waals surface area contributed by atoms with Crippen LogP contribution in [0.3, 0.4) is 0 Å². The fourth-order valence-corrected chi connectivity index (χ4v) is 4.40. The average molecular weight is 297 g/mol. The number of β-lactam (4-membered cyclic amide) rings is 1. The molecule has 0 radical (unpaired) electrons. The molecule has 3 rings (SSSR count).